The molecular formula is C14H23N3O2. The number of nitrogens with one attached hydrogen (secondary N) is 1. The first-order valence-corrected chi connectivity index (χ1v) is 6.58. The zero-order chi connectivity index (χ0) is 13.9. The predicted octanol–water partition coefficient (Wildman–Crippen LogP) is 0.386. The molecule has 0 amide bonds. The molecule has 0 saturated heterocycles. The van der Waals surface area contributed by atoms with Crippen LogP contribution in [0.3, 0.4) is 0 Å². The Balaban J connectivity index is 2.11. The van der Waals surface area contributed by atoms with Crippen LogP contribution >= 0.6 is 0 Å². The van der Waals surface area contributed by atoms with E-state index in [0.717, 1.165) is 12.1 Å². The molecule has 106 valence electrons. The first-order valence-electron chi connectivity index (χ1n) is 6.58. The van der Waals surface area contributed by atoms with Crippen molar-refractivity contribution in [3.8, 4) is 0 Å². The highest BCUT2D eigenvalue weighted by Gasteiger charge is 2.08. The first kappa shape index (κ1) is 15.6. The van der Waals surface area contributed by atoms with Crippen LogP contribution in [0.25, 0.3) is 0 Å². The highest BCUT2D eigenvalue weighted by molar-refractivity contribution is 5.69. The van der Waals surface area contributed by atoms with Crippen molar-refractivity contribution in [2.75, 3.05) is 19.6 Å². The number of ether oxygens (including phenoxy) is 1. The summed E-state index contributed by atoms with van der Waals surface area (Å²) >= 11 is 0. The van der Waals surface area contributed by atoms with E-state index < -0.39 is 0 Å². The molecule has 5 N–H and O–H groups in total. The zero-order valence-corrected chi connectivity index (χ0v) is 11.2. The van der Waals surface area contributed by atoms with E-state index in [1.54, 1.807) is 0 Å². The van der Waals surface area contributed by atoms with Gasteiger partial charge < -0.3 is 21.5 Å². The summed E-state index contributed by atoms with van der Waals surface area (Å²) in [4.78, 5) is 11.5. The average molecular weight is 265 g/mol. The summed E-state index contributed by atoms with van der Waals surface area (Å²) in [6.07, 6.45) is 0.962. The van der Waals surface area contributed by atoms with Crippen molar-refractivity contribution in [2.24, 2.45) is 11.5 Å². The van der Waals surface area contributed by atoms with Crippen LogP contribution in [0.15, 0.2) is 30.3 Å². The van der Waals surface area contributed by atoms with E-state index in [2.05, 4.69) is 5.32 Å². The second-order valence-corrected chi connectivity index (χ2v) is 4.44. The van der Waals surface area contributed by atoms with Crippen molar-refractivity contribution < 1.29 is 9.53 Å². The fourth-order valence-electron chi connectivity index (χ4n) is 1.61. The van der Waals surface area contributed by atoms with E-state index in [-0.39, 0.29) is 12.0 Å². The van der Waals surface area contributed by atoms with Crippen molar-refractivity contribution in [3.05, 3.63) is 35.9 Å². The molecule has 1 unspecified atom stereocenters. The van der Waals surface area contributed by atoms with E-state index >= 15 is 0 Å². The molecule has 0 aliphatic rings. The minimum atomic E-state index is -0.210. The average Bonchev–Trinajstić information content (AvgIpc) is 2.44. The smallest absolute Gasteiger partial charge is 0.306 e. The van der Waals surface area contributed by atoms with Crippen molar-refractivity contribution in [1.82, 2.24) is 5.32 Å². The SMILES string of the molecule is NCCNCC(N)CCC(=O)OCc1ccccc1. The van der Waals surface area contributed by atoms with Crippen molar-refractivity contribution in [2.45, 2.75) is 25.5 Å². The van der Waals surface area contributed by atoms with Gasteiger partial charge in [-0.2, -0.15) is 0 Å². The Morgan fingerprint density at radius 2 is 2.05 bits per heavy atom. The number of hydrogen-bond acceptors (Lipinski definition) is 5. The Hall–Kier alpha value is -1.43. The lowest BCUT2D eigenvalue weighted by Crippen LogP contribution is -2.36. The quantitative estimate of drug-likeness (QED) is 0.444. The lowest BCUT2D eigenvalue weighted by atomic mass is 10.1. The largest absolute Gasteiger partial charge is 0.461 e. The van der Waals surface area contributed by atoms with Crippen molar-refractivity contribution in [1.29, 1.82) is 0 Å². The van der Waals surface area contributed by atoms with Crippen LogP contribution in [0.1, 0.15) is 18.4 Å². The molecule has 19 heavy (non-hydrogen) atoms. The van der Waals surface area contributed by atoms with Gasteiger partial charge in [-0.25, -0.2) is 0 Å². The molecule has 5 nitrogen and oxygen atoms in total. The van der Waals surface area contributed by atoms with Crippen LogP contribution in [-0.4, -0.2) is 31.6 Å². The maximum atomic E-state index is 11.5. The number of carbonyl (C=O) groups is 1. The molecule has 0 spiro atoms. The molecule has 0 saturated carbocycles. The Kier molecular flexibility index (Phi) is 7.81. The minimum absolute atomic E-state index is 0.0455. The number of hydrogen-bond donors (Lipinski definition) is 3. The number of nitrogens with two attached hydrogens (primary N) is 2. The maximum absolute atomic E-state index is 11.5. The van der Waals surface area contributed by atoms with Gasteiger partial charge in [-0.1, -0.05) is 30.3 Å². The van der Waals surface area contributed by atoms with Crippen LogP contribution in [0.5, 0.6) is 0 Å². The van der Waals surface area contributed by atoms with E-state index in [1.807, 2.05) is 30.3 Å². The second kappa shape index (κ2) is 9.49. The third kappa shape index (κ3) is 7.56. The fourth-order valence-corrected chi connectivity index (χ4v) is 1.61. The van der Waals surface area contributed by atoms with E-state index in [1.165, 1.54) is 0 Å². The molecule has 1 aromatic rings. The summed E-state index contributed by atoms with van der Waals surface area (Å²) in [5.74, 6) is -0.210. The molecule has 5 heteroatoms. The zero-order valence-electron chi connectivity index (χ0n) is 11.2. The van der Waals surface area contributed by atoms with Crippen LogP contribution in [0.4, 0.5) is 0 Å². The van der Waals surface area contributed by atoms with Gasteiger partial charge in [0.1, 0.15) is 6.61 Å². The molecule has 0 aliphatic carbocycles. The number of esters is 1. The van der Waals surface area contributed by atoms with Crippen molar-refractivity contribution >= 4 is 5.97 Å². The summed E-state index contributed by atoms with van der Waals surface area (Å²) in [6.45, 7) is 2.32. The van der Waals surface area contributed by atoms with Gasteiger partial charge in [-0.3, -0.25) is 4.79 Å². The van der Waals surface area contributed by atoms with Gasteiger partial charge in [0, 0.05) is 32.1 Å². The molecule has 0 fully saturated rings. The highest BCUT2D eigenvalue weighted by atomic mass is 16.5. The van der Waals surface area contributed by atoms with E-state index in [9.17, 15) is 4.79 Å². The molecule has 0 radical (unpaired) electrons. The van der Waals surface area contributed by atoms with Crippen molar-refractivity contribution in [3.63, 3.8) is 0 Å². The molecule has 0 aromatic heterocycles. The molecule has 0 heterocycles. The van der Waals surface area contributed by atoms with Gasteiger partial charge in [-0.15, -0.1) is 0 Å². The van der Waals surface area contributed by atoms with Gasteiger partial charge in [-0.05, 0) is 12.0 Å². The summed E-state index contributed by atoms with van der Waals surface area (Å²) in [6, 6.07) is 9.57. The third-order valence-electron chi connectivity index (χ3n) is 2.69. The summed E-state index contributed by atoms with van der Waals surface area (Å²) in [5, 5.41) is 3.11. The standard InChI is InChI=1S/C14H23N3O2/c15-8-9-17-10-13(16)6-7-14(18)19-11-12-4-2-1-3-5-12/h1-5,13,17H,6-11,15-16H2. The predicted molar refractivity (Wildman–Crippen MR) is 75.4 cm³/mol. The monoisotopic (exact) mass is 265 g/mol. The normalized spacial score (nSPS) is 12.1. The molecule has 1 aromatic carbocycles. The van der Waals surface area contributed by atoms with Gasteiger partial charge >= 0.3 is 5.97 Å². The number of benzene rings is 1. The Morgan fingerprint density at radius 3 is 2.74 bits per heavy atom. The Bertz CT molecular complexity index is 357. The molecule has 1 rings (SSSR count). The third-order valence-corrected chi connectivity index (χ3v) is 2.69. The van der Waals surface area contributed by atoms with Crippen LogP contribution in [0.2, 0.25) is 0 Å². The maximum Gasteiger partial charge on any atom is 0.306 e. The molecular weight excluding hydrogens is 242 g/mol. The number of rotatable bonds is 9. The highest BCUT2D eigenvalue weighted by Crippen LogP contribution is 2.03. The Labute approximate surface area is 114 Å². The second-order valence-electron chi connectivity index (χ2n) is 4.44. The lowest BCUT2D eigenvalue weighted by Gasteiger charge is -2.12. The molecule has 1 atom stereocenters. The van der Waals surface area contributed by atoms with Crippen LogP contribution < -0.4 is 16.8 Å². The van der Waals surface area contributed by atoms with Crippen LogP contribution in [0, 0.1) is 0 Å². The van der Waals surface area contributed by atoms with E-state index in [0.29, 0.717) is 32.5 Å². The van der Waals surface area contributed by atoms with Gasteiger partial charge in [0.15, 0.2) is 0 Å². The van der Waals surface area contributed by atoms with E-state index in [4.69, 9.17) is 16.2 Å². The van der Waals surface area contributed by atoms with Crippen LogP contribution in [-0.2, 0) is 16.1 Å². The van der Waals surface area contributed by atoms with Gasteiger partial charge in [0.2, 0.25) is 0 Å². The fraction of sp³-hybridized carbons (Fsp3) is 0.500. The molecule has 0 aliphatic heterocycles. The Morgan fingerprint density at radius 1 is 1.32 bits per heavy atom. The van der Waals surface area contributed by atoms with Gasteiger partial charge in [0.25, 0.3) is 0 Å². The summed E-state index contributed by atoms with van der Waals surface area (Å²) < 4.78 is 5.17. The topological polar surface area (TPSA) is 90.4 Å². The molecule has 0 bridgehead atoms. The van der Waals surface area contributed by atoms with Gasteiger partial charge in [0.05, 0.1) is 0 Å². The summed E-state index contributed by atoms with van der Waals surface area (Å²) in [7, 11) is 0. The lowest BCUT2D eigenvalue weighted by molar-refractivity contribution is -0.145. The summed E-state index contributed by atoms with van der Waals surface area (Å²) in [5.41, 5.74) is 12.2. The number of carbonyl (C=O) groups excluding carboxylic acids is 1. The first-order chi connectivity index (χ1) is 9.22. The minimum Gasteiger partial charge on any atom is -0.461 e.